The third-order valence-corrected chi connectivity index (χ3v) is 1.55. The van der Waals surface area contributed by atoms with E-state index in [1.165, 1.54) is 0 Å². The number of hydrogen-bond acceptors (Lipinski definition) is 4. The average molecular weight is 194 g/mol. The van der Waals surface area contributed by atoms with Crippen LogP contribution in [-0.4, -0.2) is 11.2 Å². The van der Waals surface area contributed by atoms with Crippen molar-refractivity contribution in [3.8, 4) is 6.07 Å². The minimum atomic E-state index is -1.06. The molecule has 0 aliphatic rings. The fourth-order valence-corrected chi connectivity index (χ4v) is 0.936. The van der Waals surface area contributed by atoms with Gasteiger partial charge in [-0.25, -0.2) is 4.39 Å². The van der Waals surface area contributed by atoms with Gasteiger partial charge in [-0.3, -0.25) is 14.9 Å². The van der Waals surface area contributed by atoms with Crippen LogP contribution in [-0.2, 0) is 0 Å². The van der Waals surface area contributed by atoms with Crippen LogP contribution >= 0.6 is 0 Å². The predicted octanol–water partition coefficient (Wildman–Crippen LogP) is 1.42. The van der Waals surface area contributed by atoms with Crippen molar-refractivity contribution in [2.75, 3.05) is 0 Å². The molecule has 0 spiro atoms. The summed E-state index contributed by atoms with van der Waals surface area (Å²) in [6.45, 7) is 0. The number of carbonyl (C=O) groups excluding carboxylic acids is 1. The first-order valence-electron chi connectivity index (χ1n) is 3.43. The highest BCUT2D eigenvalue weighted by molar-refractivity contribution is 5.82. The third kappa shape index (κ3) is 1.56. The molecule has 0 aliphatic carbocycles. The van der Waals surface area contributed by atoms with Crippen LogP contribution in [0.25, 0.3) is 0 Å². The maximum absolute atomic E-state index is 13.0. The standard InChI is InChI=1S/C8H3FN2O3/c9-7-1-5(3-10)2-8(11(13)14)6(7)4-12/h1-2,4H. The number of rotatable bonds is 2. The van der Waals surface area contributed by atoms with Gasteiger partial charge in [0.05, 0.1) is 16.6 Å². The first-order chi connectivity index (χ1) is 6.60. The summed E-state index contributed by atoms with van der Waals surface area (Å²) in [4.78, 5) is 19.8. The molecule has 5 nitrogen and oxygen atoms in total. The molecule has 0 saturated carbocycles. The molecule has 70 valence electrons. The van der Waals surface area contributed by atoms with Crippen LogP contribution in [0.1, 0.15) is 15.9 Å². The van der Waals surface area contributed by atoms with Crippen molar-refractivity contribution in [1.29, 1.82) is 5.26 Å². The van der Waals surface area contributed by atoms with Gasteiger partial charge in [0.1, 0.15) is 11.4 Å². The zero-order valence-electron chi connectivity index (χ0n) is 6.73. The summed E-state index contributed by atoms with van der Waals surface area (Å²) in [5.74, 6) is -1.06. The molecule has 1 rings (SSSR count). The summed E-state index contributed by atoms with van der Waals surface area (Å²) >= 11 is 0. The van der Waals surface area contributed by atoms with Crippen molar-refractivity contribution >= 4 is 12.0 Å². The minimum absolute atomic E-state index is 0.0502. The van der Waals surface area contributed by atoms with E-state index in [-0.39, 0.29) is 11.8 Å². The van der Waals surface area contributed by atoms with E-state index in [9.17, 15) is 19.3 Å². The Morgan fingerprint density at radius 1 is 1.57 bits per heavy atom. The van der Waals surface area contributed by atoms with E-state index in [1.54, 1.807) is 6.07 Å². The van der Waals surface area contributed by atoms with Crippen LogP contribution in [0.15, 0.2) is 12.1 Å². The van der Waals surface area contributed by atoms with Crippen molar-refractivity contribution in [2.45, 2.75) is 0 Å². The summed E-state index contributed by atoms with van der Waals surface area (Å²) in [5.41, 5.74) is -1.54. The molecule has 0 radical (unpaired) electrons. The summed E-state index contributed by atoms with van der Waals surface area (Å²) in [7, 11) is 0. The molecule has 6 heteroatoms. The Bertz CT molecular complexity index is 451. The first kappa shape index (κ1) is 9.80. The second kappa shape index (κ2) is 3.62. The van der Waals surface area contributed by atoms with E-state index in [4.69, 9.17) is 5.26 Å². The molecule has 0 bridgehead atoms. The van der Waals surface area contributed by atoms with Gasteiger partial charge in [0.25, 0.3) is 5.69 Å². The molecular weight excluding hydrogens is 191 g/mol. The Hall–Kier alpha value is -2.29. The lowest BCUT2D eigenvalue weighted by Gasteiger charge is -1.97. The number of nitro groups is 1. The number of nitrogens with zero attached hydrogens (tertiary/aromatic N) is 2. The van der Waals surface area contributed by atoms with Crippen LogP contribution in [0.2, 0.25) is 0 Å². The lowest BCUT2D eigenvalue weighted by atomic mass is 10.1. The third-order valence-electron chi connectivity index (χ3n) is 1.55. The molecule has 0 atom stereocenters. The van der Waals surface area contributed by atoms with Crippen molar-refractivity contribution in [1.82, 2.24) is 0 Å². The van der Waals surface area contributed by atoms with Crippen molar-refractivity contribution in [3.05, 3.63) is 39.2 Å². The Labute approximate surface area is 77.5 Å². The predicted molar refractivity (Wildman–Crippen MR) is 43.2 cm³/mol. The first-order valence-corrected chi connectivity index (χ1v) is 3.43. The molecule has 0 aliphatic heterocycles. The van der Waals surface area contributed by atoms with Crippen molar-refractivity contribution in [2.24, 2.45) is 0 Å². The van der Waals surface area contributed by atoms with Gasteiger partial charge in [0, 0.05) is 6.07 Å². The number of aldehydes is 1. The van der Waals surface area contributed by atoms with E-state index in [0.717, 1.165) is 12.1 Å². The van der Waals surface area contributed by atoms with Gasteiger partial charge in [-0.2, -0.15) is 5.26 Å². The zero-order valence-corrected chi connectivity index (χ0v) is 6.73. The van der Waals surface area contributed by atoms with Crippen LogP contribution in [0.3, 0.4) is 0 Å². The summed E-state index contributed by atoms with van der Waals surface area (Å²) in [6, 6.07) is 3.18. The Morgan fingerprint density at radius 3 is 2.64 bits per heavy atom. The van der Waals surface area contributed by atoms with Gasteiger partial charge in [-0.05, 0) is 6.07 Å². The highest BCUT2D eigenvalue weighted by atomic mass is 19.1. The van der Waals surface area contributed by atoms with E-state index < -0.39 is 22.0 Å². The SMILES string of the molecule is N#Cc1cc(F)c(C=O)c([N+](=O)[O-])c1. The molecule has 0 N–H and O–H groups in total. The molecule has 0 unspecified atom stereocenters. The maximum Gasteiger partial charge on any atom is 0.284 e. The quantitative estimate of drug-likeness (QED) is 0.404. The van der Waals surface area contributed by atoms with Gasteiger partial charge < -0.3 is 0 Å². The van der Waals surface area contributed by atoms with Crippen LogP contribution < -0.4 is 0 Å². The second-order valence-electron chi connectivity index (χ2n) is 2.38. The molecule has 0 fully saturated rings. The van der Waals surface area contributed by atoms with Crippen LogP contribution in [0.4, 0.5) is 10.1 Å². The molecule has 14 heavy (non-hydrogen) atoms. The lowest BCUT2D eigenvalue weighted by Crippen LogP contribution is -1.98. The molecule has 0 aromatic heterocycles. The number of benzene rings is 1. The van der Waals surface area contributed by atoms with Crippen molar-refractivity contribution < 1.29 is 14.1 Å². The van der Waals surface area contributed by atoms with E-state index >= 15 is 0 Å². The number of halogens is 1. The summed E-state index contributed by atoms with van der Waals surface area (Å²) in [6.07, 6.45) is 0.0502. The van der Waals surface area contributed by atoms with Gasteiger partial charge in [0.2, 0.25) is 0 Å². The Balaban J connectivity index is 3.53. The molecular formula is C8H3FN2O3. The number of hydrogen-bond donors (Lipinski definition) is 0. The maximum atomic E-state index is 13.0. The number of nitro benzene ring substituents is 1. The monoisotopic (exact) mass is 194 g/mol. The summed E-state index contributed by atoms with van der Waals surface area (Å²) in [5, 5.41) is 18.8. The topological polar surface area (TPSA) is 84.0 Å². The molecule has 0 amide bonds. The highest BCUT2D eigenvalue weighted by Gasteiger charge is 2.19. The van der Waals surface area contributed by atoms with E-state index in [2.05, 4.69) is 0 Å². The largest absolute Gasteiger partial charge is 0.298 e. The minimum Gasteiger partial charge on any atom is -0.298 e. The van der Waals surface area contributed by atoms with Crippen LogP contribution in [0.5, 0.6) is 0 Å². The molecule has 1 aromatic rings. The van der Waals surface area contributed by atoms with Gasteiger partial charge in [-0.1, -0.05) is 0 Å². The van der Waals surface area contributed by atoms with Gasteiger partial charge in [-0.15, -0.1) is 0 Å². The zero-order chi connectivity index (χ0) is 10.7. The lowest BCUT2D eigenvalue weighted by molar-refractivity contribution is -0.385. The van der Waals surface area contributed by atoms with Crippen molar-refractivity contribution in [3.63, 3.8) is 0 Å². The number of carbonyl (C=O) groups is 1. The Morgan fingerprint density at radius 2 is 2.21 bits per heavy atom. The van der Waals surface area contributed by atoms with Gasteiger partial charge >= 0.3 is 0 Å². The molecule has 0 heterocycles. The fourth-order valence-electron chi connectivity index (χ4n) is 0.936. The Kier molecular flexibility index (Phi) is 2.53. The molecule has 1 aromatic carbocycles. The average Bonchev–Trinajstić information content (AvgIpc) is 2.16. The molecule has 0 saturated heterocycles. The second-order valence-corrected chi connectivity index (χ2v) is 2.38. The smallest absolute Gasteiger partial charge is 0.284 e. The summed E-state index contributed by atoms with van der Waals surface area (Å²) < 4.78 is 13.0. The van der Waals surface area contributed by atoms with Crippen LogP contribution in [0, 0.1) is 27.3 Å². The normalized spacial score (nSPS) is 9.14. The van der Waals surface area contributed by atoms with E-state index in [0.29, 0.717) is 0 Å². The number of nitriles is 1. The highest BCUT2D eigenvalue weighted by Crippen LogP contribution is 2.21. The van der Waals surface area contributed by atoms with E-state index in [1.807, 2.05) is 0 Å². The van der Waals surface area contributed by atoms with Gasteiger partial charge in [0.15, 0.2) is 6.29 Å². The fraction of sp³-hybridized carbons (Fsp3) is 0.